The van der Waals surface area contributed by atoms with Gasteiger partial charge in [-0.3, -0.25) is 4.79 Å². The van der Waals surface area contributed by atoms with Crippen molar-refractivity contribution < 1.29 is 4.79 Å². The second-order valence-electron chi connectivity index (χ2n) is 6.01. The van der Waals surface area contributed by atoms with E-state index in [9.17, 15) is 4.79 Å². The van der Waals surface area contributed by atoms with E-state index in [1.54, 1.807) is 0 Å². The van der Waals surface area contributed by atoms with Crippen molar-refractivity contribution in [3.63, 3.8) is 0 Å². The molecule has 1 aliphatic heterocycles. The van der Waals surface area contributed by atoms with Crippen LogP contribution in [0.25, 0.3) is 0 Å². The van der Waals surface area contributed by atoms with Crippen molar-refractivity contribution in [3.8, 4) is 0 Å². The molecule has 0 atom stereocenters. The Bertz CT molecular complexity index is 419. The first-order valence-electron chi connectivity index (χ1n) is 7.75. The Labute approximate surface area is 122 Å². The van der Waals surface area contributed by atoms with E-state index in [-0.39, 0.29) is 5.91 Å². The molecule has 20 heavy (non-hydrogen) atoms. The van der Waals surface area contributed by atoms with Crippen molar-refractivity contribution in [2.24, 2.45) is 5.92 Å². The van der Waals surface area contributed by atoms with Gasteiger partial charge in [0, 0.05) is 12.1 Å². The third-order valence-corrected chi connectivity index (χ3v) is 4.14. The van der Waals surface area contributed by atoms with Gasteiger partial charge in [0.05, 0.1) is 0 Å². The van der Waals surface area contributed by atoms with Crippen LogP contribution in [0.2, 0.25) is 0 Å². The number of amides is 1. The summed E-state index contributed by atoms with van der Waals surface area (Å²) in [6.45, 7) is 7.35. The van der Waals surface area contributed by atoms with Gasteiger partial charge < -0.3 is 10.6 Å². The van der Waals surface area contributed by atoms with E-state index in [1.807, 2.05) is 24.3 Å². The lowest BCUT2D eigenvalue weighted by Crippen LogP contribution is -2.31. The number of rotatable bonds is 5. The van der Waals surface area contributed by atoms with E-state index >= 15 is 0 Å². The van der Waals surface area contributed by atoms with E-state index < -0.39 is 0 Å². The molecule has 1 aliphatic rings. The average Bonchev–Trinajstić information content (AvgIpc) is 2.48. The number of benzene rings is 1. The van der Waals surface area contributed by atoms with Crippen LogP contribution in [0.5, 0.6) is 0 Å². The molecule has 0 aliphatic carbocycles. The van der Waals surface area contributed by atoms with Gasteiger partial charge in [-0.1, -0.05) is 26.0 Å². The zero-order valence-corrected chi connectivity index (χ0v) is 12.6. The van der Waals surface area contributed by atoms with Gasteiger partial charge in [-0.15, -0.1) is 0 Å². The number of carbonyl (C=O) groups is 1. The predicted octanol–water partition coefficient (Wildman–Crippen LogP) is 2.93. The Balaban J connectivity index is 1.76. The monoisotopic (exact) mass is 274 g/mol. The average molecular weight is 274 g/mol. The Morgan fingerprint density at radius 3 is 2.50 bits per heavy atom. The Hall–Kier alpha value is -1.35. The Kier molecular flexibility index (Phi) is 5.60. The van der Waals surface area contributed by atoms with E-state index in [0.29, 0.717) is 5.92 Å². The highest BCUT2D eigenvalue weighted by Gasteiger charge is 2.13. The third kappa shape index (κ3) is 4.34. The fourth-order valence-electron chi connectivity index (χ4n) is 2.68. The number of hydrogen-bond donors (Lipinski definition) is 2. The standard InChI is InChI=1S/C17H26N2O/c1-13(2)15-3-5-16(6-4-15)17(20)19-12-9-14-7-10-18-11-8-14/h3-6,13-14,18H,7-12H2,1-2H3,(H,19,20). The van der Waals surface area contributed by atoms with Gasteiger partial charge >= 0.3 is 0 Å². The zero-order chi connectivity index (χ0) is 14.4. The summed E-state index contributed by atoms with van der Waals surface area (Å²) in [5.74, 6) is 1.32. The third-order valence-electron chi connectivity index (χ3n) is 4.14. The fourth-order valence-corrected chi connectivity index (χ4v) is 2.68. The molecule has 1 heterocycles. The van der Waals surface area contributed by atoms with Crippen LogP contribution in [0, 0.1) is 5.92 Å². The normalized spacial score (nSPS) is 16.4. The van der Waals surface area contributed by atoms with Crippen molar-refractivity contribution in [2.45, 2.75) is 39.0 Å². The second-order valence-corrected chi connectivity index (χ2v) is 6.01. The molecular weight excluding hydrogens is 248 g/mol. The van der Waals surface area contributed by atoms with Gasteiger partial charge in [-0.05, 0) is 61.9 Å². The van der Waals surface area contributed by atoms with E-state index in [2.05, 4.69) is 24.5 Å². The minimum Gasteiger partial charge on any atom is -0.352 e. The van der Waals surface area contributed by atoms with Crippen LogP contribution in [0.3, 0.4) is 0 Å². The maximum atomic E-state index is 12.0. The van der Waals surface area contributed by atoms with E-state index in [0.717, 1.165) is 37.5 Å². The molecule has 0 aromatic heterocycles. The molecule has 2 N–H and O–H groups in total. The summed E-state index contributed by atoms with van der Waals surface area (Å²) in [5, 5.41) is 6.40. The van der Waals surface area contributed by atoms with Crippen molar-refractivity contribution >= 4 is 5.91 Å². The molecular formula is C17H26N2O. The first-order chi connectivity index (χ1) is 9.66. The minimum atomic E-state index is 0.0502. The fraction of sp³-hybridized carbons (Fsp3) is 0.588. The molecule has 1 aromatic rings. The number of hydrogen-bond acceptors (Lipinski definition) is 2. The summed E-state index contributed by atoms with van der Waals surface area (Å²) < 4.78 is 0. The van der Waals surface area contributed by atoms with Gasteiger partial charge in [0.2, 0.25) is 0 Å². The van der Waals surface area contributed by atoms with Crippen molar-refractivity contribution in [3.05, 3.63) is 35.4 Å². The molecule has 1 aromatic carbocycles. The molecule has 1 saturated heterocycles. The Morgan fingerprint density at radius 1 is 1.25 bits per heavy atom. The molecule has 110 valence electrons. The number of nitrogens with one attached hydrogen (secondary N) is 2. The Morgan fingerprint density at radius 2 is 1.90 bits per heavy atom. The van der Waals surface area contributed by atoms with Gasteiger partial charge in [0.25, 0.3) is 5.91 Å². The molecule has 0 saturated carbocycles. The van der Waals surface area contributed by atoms with E-state index in [4.69, 9.17) is 0 Å². The van der Waals surface area contributed by atoms with Gasteiger partial charge in [-0.2, -0.15) is 0 Å². The van der Waals surface area contributed by atoms with Crippen LogP contribution in [0.4, 0.5) is 0 Å². The lowest BCUT2D eigenvalue weighted by atomic mass is 9.95. The van der Waals surface area contributed by atoms with Crippen LogP contribution >= 0.6 is 0 Å². The lowest BCUT2D eigenvalue weighted by molar-refractivity contribution is 0.0950. The second kappa shape index (κ2) is 7.44. The van der Waals surface area contributed by atoms with Crippen LogP contribution in [0.15, 0.2) is 24.3 Å². The van der Waals surface area contributed by atoms with Gasteiger partial charge in [0.15, 0.2) is 0 Å². The molecule has 2 rings (SSSR count). The highest BCUT2D eigenvalue weighted by Crippen LogP contribution is 2.16. The molecule has 3 nitrogen and oxygen atoms in total. The van der Waals surface area contributed by atoms with Crippen molar-refractivity contribution in [2.75, 3.05) is 19.6 Å². The largest absolute Gasteiger partial charge is 0.352 e. The maximum absolute atomic E-state index is 12.0. The highest BCUT2D eigenvalue weighted by molar-refractivity contribution is 5.94. The molecule has 0 bridgehead atoms. The topological polar surface area (TPSA) is 41.1 Å². The summed E-state index contributed by atoms with van der Waals surface area (Å²) in [5.41, 5.74) is 2.04. The highest BCUT2D eigenvalue weighted by atomic mass is 16.1. The molecule has 0 radical (unpaired) electrons. The summed E-state index contributed by atoms with van der Waals surface area (Å²) in [4.78, 5) is 12.0. The zero-order valence-electron chi connectivity index (χ0n) is 12.6. The minimum absolute atomic E-state index is 0.0502. The van der Waals surface area contributed by atoms with Gasteiger partial charge in [-0.25, -0.2) is 0 Å². The predicted molar refractivity (Wildman–Crippen MR) is 83.1 cm³/mol. The molecule has 3 heteroatoms. The summed E-state index contributed by atoms with van der Waals surface area (Å²) >= 11 is 0. The smallest absolute Gasteiger partial charge is 0.251 e. The van der Waals surface area contributed by atoms with Crippen molar-refractivity contribution in [1.29, 1.82) is 0 Å². The summed E-state index contributed by atoms with van der Waals surface area (Å²) in [6.07, 6.45) is 3.56. The first-order valence-corrected chi connectivity index (χ1v) is 7.75. The van der Waals surface area contributed by atoms with Crippen LogP contribution in [-0.2, 0) is 0 Å². The van der Waals surface area contributed by atoms with Gasteiger partial charge in [0.1, 0.15) is 0 Å². The summed E-state index contributed by atoms with van der Waals surface area (Å²) in [7, 11) is 0. The first kappa shape index (κ1) is 15.0. The van der Waals surface area contributed by atoms with Crippen molar-refractivity contribution in [1.82, 2.24) is 10.6 Å². The lowest BCUT2D eigenvalue weighted by Gasteiger charge is -2.22. The van der Waals surface area contributed by atoms with Crippen LogP contribution in [0.1, 0.15) is 54.9 Å². The maximum Gasteiger partial charge on any atom is 0.251 e. The molecule has 0 spiro atoms. The number of piperidine rings is 1. The van der Waals surface area contributed by atoms with E-state index in [1.165, 1.54) is 18.4 Å². The quantitative estimate of drug-likeness (QED) is 0.867. The molecule has 0 unspecified atom stereocenters. The molecule has 1 fully saturated rings. The number of carbonyl (C=O) groups excluding carboxylic acids is 1. The SMILES string of the molecule is CC(C)c1ccc(C(=O)NCCC2CCNCC2)cc1. The van der Waals surface area contributed by atoms with Crippen LogP contribution < -0.4 is 10.6 Å². The summed E-state index contributed by atoms with van der Waals surface area (Å²) in [6, 6.07) is 7.95. The van der Waals surface area contributed by atoms with Crippen LogP contribution in [-0.4, -0.2) is 25.5 Å². The molecule has 1 amide bonds.